The second-order valence-corrected chi connectivity index (χ2v) is 11.2. The molecular formula is C32H46O4. The first-order valence-electron chi connectivity index (χ1n) is 13.7. The van der Waals surface area contributed by atoms with Gasteiger partial charge in [0, 0.05) is 19.3 Å². The van der Waals surface area contributed by atoms with Crippen LogP contribution in [-0.2, 0) is 19.1 Å². The van der Waals surface area contributed by atoms with E-state index < -0.39 is 12.1 Å². The predicted octanol–water partition coefficient (Wildman–Crippen LogP) is 7.95. The van der Waals surface area contributed by atoms with E-state index in [1.54, 1.807) is 0 Å². The van der Waals surface area contributed by atoms with Gasteiger partial charge < -0.3 is 4.74 Å². The van der Waals surface area contributed by atoms with Gasteiger partial charge in [-0.15, -0.1) is 0 Å². The molecule has 0 spiro atoms. The van der Waals surface area contributed by atoms with Gasteiger partial charge in [0.25, 0.3) is 0 Å². The largest absolute Gasteiger partial charge is 0.454 e. The van der Waals surface area contributed by atoms with Gasteiger partial charge in [0.05, 0.1) is 6.42 Å². The lowest BCUT2D eigenvalue weighted by atomic mass is 9.71. The number of ether oxygens (including phenoxy) is 1. The summed E-state index contributed by atoms with van der Waals surface area (Å²) in [7, 11) is 0. The molecule has 1 saturated carbocycles. The smallest absolute Gasteiger partial charge is 0.306 e. The molecule has 1 unspecified atom stereocenters. The van der Waals surface area contributed by atoms with Crippen LogP contribution in [0.3, 0.4) is 0 Å². The van der Waals surface area contributed by atoms with Crippen LogP contribution in [0, 0.1) is 11.3 Å². The molecule has 0 heterocycles. The second kappa shape index (κ2) is 14.3. The molecule has 2 rings (SSSR count). The first-order valence-corrected chi connectivity index (χ1v) is 13.7. The molecule has 4 heteroatoms. The Balaban J connectivity index is 1.92. The Labute approximate surface area is 218 Å². The van der Waals surface area contributed by atoms with Crippen molar-refractivity contribution in [3.63, 3.8) is 0 Å². The number of Topliss-reactive ketones (excluding diaryl/α,β-unsaturated/α-hetero) is 2. The molecule has 0 bridgehead atoms. The molecule has 2 aliphatic carbocycles. The van der Waals surface area contributed by atoms with Gasteiger partial charge >= 0.3 is 5.97 Å². The molecule has 0 aromatic rings. The summed E-state index contributed by atoms with van der Waals surface area (Å²) >= 11 is 0. The molecule has 1 atom stereocenters. The zero-order valence-corrected chi connectivity index (χ0v) is 23.3. The Kier molecular flexibility index (Phi) is 11.8. The highest BCUT2D eigenvalue weighted by atomic mass is 16.5. The number of hydrogen-bond donors (Lipinski definition) is 0. The van der Waals surface area contributed by atoms with Crippen molar-refractivity contribution in [2.75, 3.05) is 0 Å². The van der Waals surface area contributed by atoms with E-state index in [0.717, 1.165) is 17.6 Å². The molecule has 2 aliphatic rings. The van der Waals surface area contributed by atoms with Crippen molar-refractivity contribution in [2.24, 2.45) is 11.3 Å². The molecule has 198 valence electrons. The maximum absolute atomic E-state index is 13.0. The van der Waals surface area contributed by atoms with E-state index in [9.17, 15) is 14.4 Å². The van der Waals surface area contributed by atoms with Gasteiger partial charge in [-0.3, -0.25) is 14.4 Å². The lowest BCUT2D eigenvalue weighted by Crippen LogP contribution is -2.39. The van der Waals surface area contributed by atoms with Crippen LogP contribution in [0.4, 0.5) is 0 Å². The molecule has 0 aromatic heterocycles. The fourth-order valence-electron chi connectivity index (χ4n) is 5.14. The van der Waals surface area contributed by atoms with Crippen LogP contribution in [0.5, 0.6) is 0 Å². The molecule has 36 heavy (non-hydrogen) atoms. The molecular weight excluding hydrogens is 448 g/mol. The van der Waals surface area contributed by atoms with Gasteiger partial charge in [0.15, 0.2) is 11.9 Å². The highest BCUT2D eigenvalue weighted by Crippen LogP contribution is 2.41. The Bertz CT molecular complexity index is 949. The summed E-state index contributed by atoms with van der Waals surface area (Å²) in [5, 5.41) is 0. The first kappa shape index (κ1) is 29.7. The molecule has 4 nitrogen and oxygen atoms in total. The minimum Gasteiger partial charge on any atom is -0.454 e. The first-order chi connectivity index (χ1) is 17.0. The minimum absolute atomic E-state index is 0.0490. The van der Waals surface area contributed by atoms with Crippen molar-refractivity contribution in [3.05, 3.63) is 58.7 Å². The molecule has 0 amide bonds. The fourth-order valence-corrected chi connectivity index (χ4v) is 5.14. The van der Waals surface area contributed by atoms with Gasteiger partial charge in [0.1, 0.15) is 5.78 Å². The molecule has 1 fully saturated rings. The van der Waals surface area contributed by atoms with E-state index in [1.807, 2.05) is 45.1 Å². The zero-order chi connectivity index (χ0) is 26.7. The summed E-state index contributed by atoms with van der Waals surface area (Å²) in [6.07, 6.45) is 19.9. The molecule has 0 saturated heterocycles. The molecule has 0 aromatic carbocycles. The van der Waals surface area contributed by atoms with Crippen LogP contribution < -0.4 is 0 Å². The normalized spacial score (nSPS) is 22.1. The van der Waals surface area contributed by atoms with Crippen molar-refractivity contribution in [3.8, 4) is 0 Å². The van der Waals surface area contributed by atoms with E-state index in [1.165, 1.54) is 37.7 Å². The van der Waals surface area contributed by atoms with Crippen molar-refractivity contribution in [1.29, 1.82) is 0 Å². The van der Waals surface area contributed by atoms with Crippen LogP contribution in [0.25, 0.3) is 0 Å². The third kappa shape index (κ3) is 9.52. The summed E-state index contributed by atoms with van der Waals surface area (Å²) in [5.74, 6) is 0.184. The van der Waals surface area contributed by atoms with E-state index in [-0.39, 0.29) is 29.8 Å². The van der Waals surface area contributed by atoms with Crippen LogP contribution >= 0.6 is 0 Å². The Hall–Kier alpha value is -2.49. The molecule has 0 aliphatic heterocycles. The second-order valence-electron chi connectivity index (χ2n) is 11.2. The number of carbonyl (C=O) groups excluding carboxylic acids is 3. The average molecular weight is 495 g/mol. The fraction of sp³-hybridized carbons (Fsp3) is 0.594. The number of ketones is 2. The number of esters is 1. The summed E-state index contributed by atoms with van der Waals surface area (Å²) in [6.45, 7) is 12.1. The third-order valence-corrected chi connectivity index (χ3v) is 7.62. The zero-order valence-electron chi connectivity index (χ0n) is 23.3. The highest BCUT2D eigenvalue weighted by Gasteiger charge is 2.39. The topological polar surface area (TPSA) is 60.4 Å². The molecule has 0 N–H and O–H groups in total. The van der Waals surface area contributed by atoms with E-state index >= 15 is 0 Å². The summed E-state index contributed by atoms with van der Waals surface area (Å²) in [5.41, 5.74) is 3.58. The van der Waals surface area contributed by atoms with Crippen molar-refractivity contribution < 1.29 is 19.1 Å². The maximum Gasteiger partial charge on any atom is 0.306 e. The Morgan fingerprint density at radius 3 is 2.36 bits per heavy atom. The Morgan fingerprint density at radius 1 is 1.00 bits per heavy atom. The van der Waals surface area contributed by atoms with Crippen LogP contribution in [-0.4, -0.2) is 23.6 Å². The van der Waals surface area contributed by atoms with Gasteiger partial charge in [-0.1, -0.05) is 93.6 Å². The average Bonchev–Trinajstić information content (AvgIpc) is 2.84. The SMILES string of the molecule is C/C=C(C)/C=C/C=C(C)/C=C/C1=C(C)C(=O)C(OC(=O)CCC(=O)CCC2CCCCC2)CC1(C)C. The van der Waals surface area contributed by atoms with E-state index in [4.69, 9.17) is 4.74 Å². The number of allylic oxidation sites excluding steroid dienone is 9. The van der Waals surface area contributed by atoms with Crippen LogP contribution in [0.1, 0.15) is 106 Å². The lowest BCUT2D eigenvalue weighted by Gasteiger charge is -2.36. The van der Waals surface area contributed by atoms with Gasteiger partial charge in [-0.25, -0.2) is 0 Å². The highest BCUT2D eigenvalue weighted by molar-refractivity contribution is 6.01. The number of hydrogen-bond acceptors (Lipinski definition) is 4. The summed E-state index contributed by atoms with van der Waals surface area (Å²) in [4.78, 5) is 37.8. The Morgan fingerprint density at radius 2 is 1.69 bits per heavy atom. The van der Waals surface area contributed by atoms with Gasteiger partial charge in [-0.05, 0) is 56.6 Å². The quantitative estimate of drug-likeness (QED) is 0.216. The summed E-state index contributed by atoms with van der Waals surface area (Å²) < 4.78 is 5.59. The molecule has 0 radical (unpaired) electrons. The van der Waals surface area contributed by atoms with Crippen molar-refractivity contribution >= 4 is 17.5 Å². The number of rotatable bonds is 11. The third-order valence-electron chi connectivity index (χ3n) is 7.62. The van der Waals surface area contributed by atoms with Crippen LogP contribution in [0.2, 0.25) is 0 Å². The summed E-state index contributed by atoms with van der Waals surface area (Å²) in [6, 6.07) is 0. The van der Waals surface area contributed by atoms with E-state index in [0.29, 0.717) is 24.3 Å². The number of carbonyl (C=O) groups is 3. The minimum atomic E-state index is -0.787. The predicted molar refractivity (Wildman–Crippen MR) is 148 cm³/mol. The van der Waals surface area contributed by atoms with E-state index in [2.05, 4.69) is 32.9 Å². The van der Waals surface area contributed by atoms with Crippen molar-refractivity contribution in [2.45, 2.75) is 112 Å². The maximum atomic E-state index is 13.0. The monoisotopic (exact) mass is 494 g/mol. The van der Waals surface area contributed by atoms with Gasteiger partial charge in [-0.2, -0.15) is 0 Å². The van der Waals surface area contributed by atoms with Gasteiger partial charge in [0.2, 0.25) is 0 Å². The standard InChI is InChI=1S/C32H46O4/c1-7-23(2)12-11-13-24(3)16-20-28-25(4)31(35)29(22-32(28,5)6)36-30(34)21-19-27(33)18-17-26-14-9-8-10-15-26/h7,11-13,16,20,26,29H,8-10,14-15,17-19,21-22H2,1-6H3/b12-11+,20-16+,23-7+,24-13+. The lowest BCUT2D eigenvalue weighted by molar-refractivity contribution is -0.156. The van der Waals surface area contributed by atoms with Crippen LogP contribution in [0.15, 0.2) is 58.7 Å². The van der Waals surface area contributed by atoms with Crippen molar-refractivity contribution in [1.82, 2.24) is 0 Å².